The molecule has 28 heavy (non-hydrogen) atoms. The van der Waals surface area contributed by atoms with Gasteiger partial charge in [0.25, 0.3) is 6.43 Å². The Morgan fingerprint density at radius 3 is 2.79 bits per heavy atom. The summed E-state index contributed by atoms with van der Waals surface area (Å²) in [4.78, 5) is 18.5. The number of pyridine rings is 1. The van der Waals surface area contributed by atoms with Crippen molar-refractivity contribution in [1.29, 1.82) is 0 Å². The molecule has 5 nitrogen and oxygen atoms in total. The Morgan fingerprint density at radius 1 is 1.18 bits per heavy atom. The number of hydrogen-bond donors (Lipinski definition) is 0. The van der Waals surface area contributed by atoms with Gasteiger partial charge in [-0.1, -0.05) is 12.5 Å². The first-order chi connectivity index (χ1) is 13.6. The van der Waals surface area contributed by atoms with Crippen LogP contribution in [0.5, 0.6) is 0 Å². The fraction of sp³-hybridized carbons (Fsp3) is 0.429. The number of aromatic nitrogens is 5. The number of imidazole rings is 1. The normalized spacial score (nSPS) is 16.9. The lowest BCUT2D eigenvalue weighted by molar-refractivity contribution is 0.127. The maximum atomic E-state index is 13.0. The highest BCUT2D eigenvalue weighted by atomic mass is 19.3. The third-order valence-electron chi connectivity index (χ3n) is 5.76. The minimum Gasteiger partial charge on any atom is -0.307 e. The lowest BCUT2D eigenvalue weighted by Gasteiger charge is -2.25. The van der Waals surface area contributed by atoms with Crippen molar-refractivity contribution in [3.8, 4) is 0 Å². The van der Waals surface area contributed by atoms with E-state index in [-0.39, 0.29) is 0 Å². The van der Waals surface area contributed by atoms with Crippen LogP contribution in [0.25, 0.3) is 16.7 Å². The molecule has 1 fully saturated rings. The Hall–Kier alpha value is -2.70. The molecule has 3 heterocycles. The Labute approximate surface area is 161 Å². The Morgan fingerprint density at radius 2 is 2.04 bits per heavy atom. The molecule has 0 aromatic carbocycles. The molecule has 3 aromatic heterocycles. The molecule has 0 atom stereocenters. The van der Waals surface area contributed by atoms with Gasteiger partial charge in [-0.25, -0.2) is 28.7 Å². The second-order valence-electron chi connectivity index (χ2n) is 7.57. The summed E-state index contributed by atoms with van der Waals surface area (Å²) < 4.78 is 27.5. The van der Waals surface area contributed by atoms with Gasteiger partial charge in [-0.05, 0) is 44.7 Å². The van der Waals surface area contributed by atoms with E-state index in [4.69, 9.17) is 9.97 Å². The van der Waals surface area contributed by atoms with E-state index in [1.165, 1.54) is 23.8 Å². The molecule has 0 spiro atoms. The number of fused-ring (bicyclic) bond motifs is 2. The molecular formula is C21H21F2N5. The van der Waals surface area contributed by atoms with Crippen LogP contribution in [0.15, 0.2) is 24.4 Å². The number of aryl methyl sites for hydroxylation is 2. The highest BCUT2D eigenvalue weighted by molar-refractivity contribution is 5.83. The number of nitrogens with zero attached hydrogens (tertiary/aromatic N) is 5. The van der Waals surface area contributed by atoms with E-state index in [0.29, 0.717) is 22.9 Å². The SMILES string of the molecule is Cc1nc2ccc(C3=CCCc4nc(C5CCC5)ncc43)nc2n1CC(F)F. The first kappa shape index (κ1) is 17.4. The summed E-state index contributed by atoms with van der Waals surface area (Å²) in [6.07, 6.45) is 6.99. The second-order valence-corrected chi connectivity index (χ2v) is 7.57. The molecule has 0 radical (unpaired) electrons. The maximum absolute atomic E-state index is 13.0. The predicted molar refractivity (Wildman–Crippen MR) is 102 cm³/mol. The van der Waals surface area contributed by atoms with Crippen LogP contribution in [-0.4, -0.2) is 30.9 Å². The lowest BCUT2D eigenvalue weighted by atomic mass is 9.84. The highest BCUT2D eigenvalue weighted by Crippen LogP contribution is 2.36. The minimum atomic E-state index is -2.45. The van der Waals surface area contributed by atoms with Crippen molar-refractivity contribution in [2.75, 3.05) is 0 Å². The van der Waals surface area contributed by atoms with Gasteiger partial charge >= 0.3 is 0 Å². The third-order valence-corrected chi connectivity index (χ3v) is 5.76. The average molecular weight is 381 g/mol. The summed E-state index contributed by atoms with van der Waals surface area (Å²) in [5, 5.41) is 0. The van der Waals surface area contributed by atoms with E-state index in [9.17, 15) is 8.78 Å². The summed E-state index contributed by atoms with van der Waals surface area (Å²) in [5.41, 5.74) is 4.92. The van der Waals surface area contributed by atoms with Gasteiger partial charge in [-0.15, -0.1) is 0 Å². The number of alkyl halides is 2. The Kier molecular flexibility index (Phi) is 4.18. The monoisotopic (exact) mass is 381 g/mol. The van der Waals surface area contributed by atoms with Crippen LogP contribution in [0.4, 0.5) is 8.78 Å². The molecule has 1 saturated carbocycles. The van der Waals surface area contributed by atoms with Gasteiger partial charge in [0.05, 0.1) is 17.9 Å². The van der Waals surface area contributed by atoms with Crippen molar-refractivity contribution in [3.05, 3.63) is 53.0 Å². The molecule has 2 aliphatic carbocycles. The fourth-order valence-electron chi connectivity index (χ4n) is 4.04. The first-order valence-corrected chi connectivity index (χ1v) is 9.79. The molecule has 3 aromatic rings. The molecule has 0 amide bonds. The van der Waals surface area contributed by atoms with Crippen molar-refractivity contribution in [2.45, 2.75) is 57.9 Å². The molecule has 0 unspecified atom stereocenters. The van der Waals surface area contributed by atoms with E-state index in [0.717, 1.165) is 41.2 Å². The Balaban J connectivity index is 1.56. The molecule has 5 rings (SSSR count). The van der Waals surface area contributed by atoms with Crippen molar-refractivity contribution in [2.24, 2.45) is 0 Å². The van der Waals surface area contributed by atoms with Crippen LogP contribution in [0.1, 0.15) is 60.2 Å². The van der Waals surface area contributed by atoms with Crippen LogP contribution in [0.3, 0.4) is 0 Å². The molecule has 0 N–H and O–H groups in total. The molecule has 144 valence electrons. The van der Waals surface area contributed by atoms with E-state index >= 15 is 0 Å². The molecule has 0 bridgehead atoms. The van der Waals surface area contributed by atoms with Gasteiger partial charge in [-0.2, -0.15) is 0 Å². The third kappa shape index (κ3) is 2.89. The first-order valence-electron chi connectivity index (χ1n) is 9.79. The summed E-state index contributed by atoms with van der Waals surface area (Å²) in [5.74, 6) is 2.01. The molecule has 2 aliphatic rings. The van der Waals surface area contributed by atoms with Crippen LogP contribution < -0.4 is 0 Å². The van der Waals surface area contributed by atoms with Gasteiger partial charge in [0.1, 0.15) is 17.2 Å². The highest BCUT2D eigenvalue weighted by Gasteiger charge is 2.25. The largest absolute Gasteiger partial charge is 0.307 e. The second kappa shape index (κ2) is 6.72. The van der Waals surface area contributed by atoms with Crippen LogP contribution in [-0.2, 0) is 13.0 Å². The van der Waals surface area contributed by atoms with E-state index in [1.54, 1.807) is 6.92 Å². The van der Waals surface area contributed by atoms with Gasteiger partial charge in [0.2, 0.25) is 0 Å². The summed E-state index contributed by atoms with van der Waals surface area (Å²) >= 11 is 0. The van der Waals surface area contributed by atoms with Crippen molar-refractivity contribution in [1.82, 2.24) is 24.5 Å². The smallest absolute Gasteiger partial charge is 0.256 e. The van der Waals surface area contributed by atoms with Crippen molar-refractivity contribution in [3.63, 3.8) is 0 Å². The van der Waals surface area contributed by atoms with Crippen LogP contribution >= 0.6 is 0 Å². The summed E-state index contributed by atoms with van der Waals surface area (Å²) in [6.45, 7) is 1.33. The molecule has 0 saturated heterocycles. The van der Waals surface area contributed by atoms with E-state index in [2.05, 4.69) is 16.0 Å². The van der Waals surface area contributed by atoms with Crippen molar-refractivity contribution >= 4 is 16.7 Å². The maximum Gasteiger partial charge on any atom is 0.256 e. The molecular weight excluding hydrogens is 360 g/mol. The minimum absolute atomic E-state index is 0.401. The zero-order valence-corrected chi connectivity index (χ0v) is 15.7. The summed E-state index contributed by atoms with van der Waals surface area (Å²) in [6, 6.07) is 3.76. The van der Waals surface area contributed by atoms with E-state index in [1.807, 2.05) is 18.3 Å². The topological polar surface area (TPSA) is 56.5 Å². The van der Waals surface area contributed by atoms with Crippen molar-refractivity contribution < 1.29 is 8.78 Å². The van der Waals surface area contributed by atoms with Gasteiger partial charge in [-0.3, -0.25) is 0 Å². The van der Waals surface area contributed by atoms with Gasteiger partial charge in [0.15, 0.2) is 5.65 Å². The summed E-state index contributed by atoms with van der Waals surface area (Å²) in [7, 11) is 0. The van der Waals surface area contributed by atoms with Gasteiger partial charge in [0, 0.05) is 23.3 Å². The standard InChI is InChI=1S/C21H21F2N5/c1-12-25-18-9-8-17(27-21(18)28(12)11-19(22)23)14-6-3-7-16-15(14)10-24-20(26-16)13-4-2-5-13/h6,8-10,13,19H,2-5,7,11H2,1H3. The fourth-order valence-corrected chi connectivity index (χ4v) is 4.04. The van der Waals surface area contributed by atoms with Crippen LogP contribution in [0.2, 0.25) is 0 Å². The Bertz CT molecular complexity index is 1080. The molecule has 7 heteroatoms. The zero-order valence-electron chi connectivity index (χ0n) is 15.7. The molecule has 0 aliphatic heterocycles. The zero-order chi connectivity index (χ0) is 19.3. The number of hydrogen-bond acceptors (Lipinski definition) is 4. The number of allylic oxidation sites excluding steroid dienone is 1. The van der Waals surface area contributed by atoms with E-state index < -0.39 is 13.0 Å². The number of halogens is 2. The number of rotatable bonds is 4. The van der Waals surface area contributed by atoms with Gasteiger partial charge < -0.3 is 4.57 Å². The lowest BCUT2D eigenvalue weighted by Crippen LogP contribution is -2.16. The quantitative estimate of drug-likeness (QED) is 0.670. The van der Waals surface area contributed by atoms with Crippen LogP contribution in [0, 0.1) is 6.92 Å². The predicted octanol–water partition coefficient (Wildman–Crippen LogP) is 4.44. The average Bonchev–Trinajstić information content (AvgIpc) is 2.94.